The van der Waals surface area contributed by atoms with Crippen molar-refractivity contribution in [2.75, 3.05) is 0 Å². The number of aromatic nitrogens is 1. The average Bonchev–Trinajstić information content (AvgIpc) is 2.98. The maximum atomic E-state index is 12.5. The molecule has 0 fully saturated rings. The quantitative estimate of drug-likeness (QED) is 0.639. The predicted octanol–water partition coefficient (Wildman–Crippen LogP) is 2.90. The van der Waals surface area contributed by atoms with E-state index < -0.39 is 0 Å². The largest absolute Gasteiger partial charge is 0.506 e. The first-order valence-electron chi connectivity index (χ1n) is 6.42. The monoisotopic (exact) mass is 278 g/mol. The first-order valence-corrected chi connectivity index (χ1v) is 6.42. The Hall–Kier alpha value is -3.08. The summed E-state index contributed by atoms with van der Waals surface area (Å²) in [5.41, 5.74) is 2.00. The van der Waals surface area contributed by atoms with Gasteiger partial charge in [-0.1, -0.05) is 24.3 Å². The topological polar surface area (TPSA) is 85.7 Å². The lowest BCUT2D eigenvalue weighted by Crippen LogP contribution is -2.10. The molecule has 0 unspecified atom stereocenters. The number of para-hydroxylation sites is 2. The number of aromatic hydroxyl groups is 2. The third-order valence-electron chi connectivity index (χ3n) is 3.62. The number of carbonyl (C=O) groups excluding carboxylic acids is 1. The van der Waals surface area contributed by atoms with Crippen molar-refractivity contribution in [1.29, 1.82) is 0 Å². The molecule has 0 saturated carbocycles. The Morgan fingerprint density at radius 1 is 1.00 bits per heavy atom. The zero-order valence-corrected chi connectivity index (χ0v) is 10.8. The smallest absolute Gasteiger partial charge is 0.214 e. The molecule has 3 aromatic rings. The number of hydrogen-bond acceptors (Lipinski definition) is 4. The lowest BCUT2D eigenvalue weighted by atomic mass is 10.0. The van der Waals surface area contributed by atoms with Crippen LogP contribution < -0.4 is 0 Å². The van der Waals surface area contributed by atoms with Gasteiger partial charge in [-0.3, -0.25) is 4.79 Å². The third-order valence-corrected chi connectivity index (χ3v) is 3.62. The van der Waals surface area contributed by atoms with Crippen LogP contribution in [0.2, 0.25) is 0 Å². The fourth-order valence-corrected chi connectivity index (χ4v) is 2.66. The Kier molecular flexibility index (Phi) is 2.21. The van der Waals surface area contributed by atoms with Gasteiger partial charge in [-0.05, 0) is 18.2 Å². The first-order chi connectivity index (χ1) is 10.2. The normalized spacial score (nSPS) is 13.5. The molecule has 2 heterocycles. The molecular formula is C16H10N2O3. The number of H-pyrrole nitrogens is 1. The van der Waals surface area contributed by atoms with Crippen molar-refractivity contribution in [3.63, 3.8) is 0 Å². The second-order valence-electron chi connectivity index (χ2n) is 4.85. The lowest BCUT2D eigenvalue weighted by Gasteiger charge is -1.99. The first kappa shape index (κ1) is 11.7. The van der Waals surface area contributed by atoms with Crippen molar-refractivity contribution in [2.45, 2.75) is 0 Å². The summed E-state index contributed by atoms with van der Waals surface area (Å²) in [4.78, 5) is 19.5. The zero-order valence-electron chi connectivity index (χ0n) is 10.8. The zero-order chi connectivity index (χ0) is 14.6. The molecular weight excluding hydrogens is 268 g/mol. The predicted molar refractivity (Wildman–Crippen MR) is 78.6 cm³/mol. The molecule has 0 bridgehead atoms. The minimum atomic E-state index is -0.231. The van der Waals surface area contributed by atoms with E-state index in [1.54, 1.807) is 36.4 Å². The highest BCUT2D eigenvalue weighted by atomic mass is 16.3. The number of rotatable bonds is 1. The number of phenols is 1. The van der Waals surface area contributed by atoms with Crippen LogP contribution in [0.5, 0.6) is 11.6 Å². The number of Topliss-reactive ketones (excluding diaryl/α,β-unsaturated/α-hetero) is 1. The molecule has 0 aliphatic carbocycles. The number of benzene rings is 2. The van der Waals surface area contributed by atoms with Gasteiger partial charge in [0, 0.05) is 10.9 Å². The Morgan fingerprint density at radius 3 is 2.62 bits per heavy atom. The van der Waals surface area contributed by atoms with E-state index >= 15 is 0 Å². The van der Waals surface area contributed by atoms with E-state index in [1.807, 2.05) is 0 Å². The number of aliphatic imine (C=N–C) groups is 1. The summed E-state index contributed by atoms with van der Waals surface area (Å²) in [5.74, 6) is -0.394. The molecule has 102 valence electrons. The van der Waals surface area contributed by atoms with Gasteiger partial charge in [0.2, 0.25) is 5.78 Å². The molecule has 1 aliphatic rings. The SMILES string of the molecule is O=C1C(c2c(O)[nH]c3c(O)cccc23)=Nc2ccccc21. The molecule has 0 spiro atoms. The summed E-state index contributed by atoms with van der Waals surface area (Å²) in [6.07, 6.45) is 0. The highest BCUT2D eigenvalue weighted by molar-refractivity contribution is 6.56. The summed E-state index contributed by atoms with van der Waals surface area (Å²) in [7, 11) is 0. The van der Waals surface area contributed by atoms with Crippen molar-refractivity contribution in [2.24, 2.45) is 4.99 Å². The van der Waals surface area contributed by atoms with Crippen LogP contribution in [0.25, 0.3) is 10.9 Å². The molecule has 21 heavy (non-hydrogen) atoms. The van der Waals surface area contributed by atoms with Crippen LogP contribution in [-0.4, -0.2) is 26.7 Å². The van der Waals surface area contributed by atoms with Gasteiger partial charge in [0.1, 0.15) is 11.5 Å². The molecule has 0 saturated heterocycles. The highest BCUT2D eigenvalue weighted by Crippen LogP contribution is 2.37. The van der Waals surface area contributed by atoms with Crippen molar-refractivity contribution in [3.8, 4) is 11.6 Å². The maximum absolute atomic E-state index is 12.5. The summed E-state index contributed by atoms with van der Waals surface area (Å²) < 4.78 is 0. The van der Waals surface area contributed by atoms with Crippen LogP contribution in [0.1, 0.15) is 15.9 Å². The molecule has 5 heteroatoms. The van der Waals surface area contributed by atoms with E-state index in [0.29, 0.717) is 27.7 Å². The van der Waals surface area contributed by atoms with Crippen molar-refractivity contribution in [1.82, 2.24) is 4.98 Å². The second kappa shape index (κ2) is 3.96. The standard InChI is InChI=1S/C16H10N2O3/c19-11-7-3-5-9-12(16(21)18-13(9)11)14-15(20)8-4-1-2-6-10(8)17-14/h1-7,18-19,21H. The summed E-state index contributed by atoms with van der Waals surface area (Å²) in [5, 5.41) is 20.5. The van der Waals surface area contributed by atoms with E-state index in [2.05, 4.69) is 9.98 Å². The van der Waals surface area contributed by atoms with Gasteiger partial charge in [-0.2, -0.15) is 0 Å². The summed E-state index contributed by atoms with van der Waals surface area (Å²) >= 11 is 0. The third kappa shape index (κ3) is 1.51. The fourth-order valence-electron chi connectivity index (χ4n) is 2.66. The van der Waals surface area contributed by atoms with Gasteiger partial charge in [-0.25, -0.2) is 4.99 Å². The average molecular weight is 278 g/mol. The number of fused-ring (bicyclic) bond motifs is 2. The Morgan fingerprint density at radius 2 is 1.81 bits per heavy atom. The van der Waals surface area contributed by atoms with Gasteiger partial charge in [-0.15, -0.1) is 0 Å². The Balaban J connectivity index is 2.00. The maximum Gasteiger partial charge on any atom is 0.214 e. The number of carbonyl (C=O) groups is 1. The fraction of sp³-hybridized carbons (Fsp3) is 0. The number of nitrogens with zero attached hydrogens (tertiary/aromatic N) is 1. The van der Waals surface area contributed by atoms with E-state index in [9.17, 15) is 15.0 Å². The number of nitrogens with one attached hydrogen (secondary N) is 1. The van der Waals surface area contributed by atoms with Crippen LogP contribution >= 0.6 is 0 Å². The summed E-state index contributed by atoms with van der Waals surface area (Å²) in [6.45, 7) is 0. The summed E-state index contributed by atoms with van der Waals surface area (Å²) in [6, 6.07) is 11.9. The van der Waals surface area contributed by atoms with Crippen LogP contribution in [0.3, 0.4) is 0 Å². The van der Waals surface area contributed by atoms with Gasteiger partial charge in [0.15, 0.2) is 5.88 Å². The molecule has 0 radical (unpaired) electrons. The van der Waals surface area contributed by atoms with Crippen molar-refractivity contribution in [3.05, 3.63) is 53.6 Å². The number of phenolic OH excluding ortho intramolecular Hbond substituents is 1. The molecule has 1 aliphatic heterocycles. The van der Waals surface area contributed by atoms with Gasteiger partial charge < -0.3 is 15.2 Å². The molecule has 0 atom stereocenters. The molecule has 4 rings (SSSR count). The number of aromatic amines is 1. The van der Waals surface area contributed by atoms with Crippen LogP contribution in [0.4, 0.5) is 5.69 Å². The molecule has 0 amide bonds. The van der Waals surface area contributed by atoms with E-state index in [1.165, 1.54) is 6.07 Å². The molecule has 3 N–H and O–H groups in total. The Labute approximate surface area is 119 Å². The molecule has 2 aromatic carbocycles. The minimum Gasteiger partial charge on any atom is -0.506 e. The van der Waals surface area contributed by atoms with E-state index in [-0.39, 0.29) is 23.1 Å². The van der Waals surface area contributed by atoms with Gasteiger partial charge >= 0.3 is 0 Å². The molecule has 5 nitrogen and oxygen atoms in total. The van der Waals surface area contributed by atoms with Gasteiger partial charge in [0.05, 0.1) is 16.8 Å². The van der Waals surface area contributed by atoms with Crippen LogP contribution in [0, 0.1) is 0 Å². The van der Waals surface area contributed by atoms with E-state index in [4.69, 9.17) is 0 Å². The van der Waals surface area contributed by atoms with Gasteiger partial charge in [0.25, 0.3) is 0 Å². The minimum absolute atomic E-state index is 0.0117. The lowest BCUT2D eigenvalue weighted by molar-refractivity contribution is 0.107. The Bertz CT molecular complexity index is 938. The molecule has 1 aromatic heterocycles. The number of hydrogen-bond donors (Lipinski definition) is 3. The number of ketones is 1. The van der Waals surface area contributed by atoms with E-state index in [0.717, 1.165) is 0 Å². The van der Waals surface area contributed by atoms with Crippen molar-refractivity contribution >= 4 is 28.1 Å². The highest BCUT2D eigenvalue weighted by Gasteiger charge is 2.30. The van der Waals surface area contributed by atoms with Crippen LogP contribution in [0.15, 0.2) is 47.5 Å². The van der Waals surface area contributed by atoms with Crippen LogP contribution in [-0.2, 0) is 0 Å². The van der Waals surface area contributed by atoms with Crippen molar-refractivity contribution < 1.29 is 15.0 Å². The second-order valence-corrected chi connectivity index (χ2v) is 4.85.